The highest BCUT2D eigenvalue weighted by Crippen LogP contribution is 2.18. The summed E-state index contributed by atoms with van der Waals surface area (Å²) in [7, 11) is 0. The topological polar surface area (TPSA) is 55.6 Å². The molecule has 1 aromatic carbocycles. The van der Waals surface area contributed by atoms with Gasteiger partial charge in [0.05, 0.1) is 6.54 Å². The number of rotatable bonds is 5. The Hall–Kier alpha value is -1.53. The molecule has 0 unspecified atom stereocenters. The van der Waals surface area contributed by atoms with Gasteiger partial charge in [0.25, 0.3) is 0 Å². The predicted molar refractivity (Wildman–Crippen MR) is 66.1 cm³/mol. The first-order valence-corrected chi connectivity index (χ1v) is 6.03. The second-order valence-electron chi connectivity index (χ2n) is 3.78. The molecule has 0 atom stereocenters. The number of hydrogen-bond donors (Lipinski definition) is 1. The summed E-state index contributed by atoms with van der Waals surface area (Å²) in [5, 5.41) is 14.7. The minimum absolute atomic E-state index is 0.290. The first-order valence-electron chi connectivity index (χ1n) is 5.65. The summed E-state index contributed by atoms with van der Waals surface area (Å²) < 4.78 is 15.1. The van der Waals surface area contributed by atoms with Crippen molar-refractivity contribution >= 4 is 11.6 Å². The van der Waals surface area contributed by atoms with Gasteiger partial charge < -0.3 is 5.32 Å². The maximum Gasteiger partial charge on any atom is 0.170 e. The smallest absolute Gasteiger partial charge is 0.170 e. The highest BCUT2D eigenvalue weighted by molar-refractivity contribution is 6.30. The molecule has 2 aromatic rings. The lowest BCUT2D eigenvalue weighted by Crippen LogP contribution is -2.18. The Morgan fingerprint density at radius 2 is 2.28 bits per heavy atom. The van der Waals surface area contributed by atoms with Gasteiger partial charge in [-0.15, -0.1) is 5.10 Å². The fourth-order valence-electron chi connectivity index (χ4n) is 1.53. The summed E-state index contributed by atoms with van der Waals surface area (Å²) >= 11 is 5.71. The molecule has 0 saturated carbocycles. The van der Waals surface area contributed by atoms with E-state index in [1.165, 1.54) is 10.7 Å². The zero-order chi connectivity index (χ0) is 13.0. The number of nitrogens with one attached hydrogen (secondary N) is 1. The van der Waals surface area contributed by atoms with Crippen molar-refractivity contribution in [3.8, 4) is 5.69 Å². The van der Waals surface area contributed by atoms with Gasteiger partial charge in [-0.1, -0.05) is 18.5 Å². The van der Waals surface area contributed by atoms with E-state index in [1.807, 2.05) is 0 Å². The van der Waals surface area contributed by atoms with Gasteiger partial charge in [-0.2, -0.15) is 4.68 Å². The SMILES string of the molecule is CCCNCc1nnnn1-c1ccc(Cl)cc1F. The monoisotopic (exact) mass is 269 g/mol. The molecule has 0 bridgehead atoms. The molecule has 1 aromatic heterocycles. The van der Waals surface area contributed by atoms with E-state index in [1.54, 1.807) is 12.1 Å². The standard InChI is InChI=1S/C11H13ClFN5/c1-2-5-14-7-11-15-16-17-18(11)10-4-3-8(12)6-9(10)13/h3-4,6,14H,2,5,7H2,1H3. The van der Waals surface area contributed by atoms with E-state index in [2.05, 4.69) is 27.8 Å². The molecule has 0 aliphatic heterocycles. The Labute approximate surface area is 109 Å². The van der Waals surface area contributed by atoms with Gasteiger partial charge in [0, 0.05) is 5.02 Å². The summed E-state index contributed by atoms with van der Waals surface area (Å²) in [5.41, 5.74) is 0.290. The maximum atomic E-state index is 13.8. The molecule has 1 N–H and O–H groups in total. The molecular formula is C11H13ClFN5. The van der Waals surface area contributed by atoms with E-state index in [9.17, 15) is 4.39 Å². The molecule has 0 fully saturated rings. The van der Waals surface area contributed by atoms with E-state index >= 15 is 0 Å². The third-order valence-corrected chi connectivity index (χ3v) is 2.62. The van der Waals surface area contributed by atoms with Crippen LogP contribution in [0.25, 0.3) is 5.69 Å². The number of halogens is 2. The highest BCUT2D eigenvalue weighted by atomic mass is 35.5. The summed E-state index contributed by atoms with van der Waals surface area (Å²) in [6.45, 7) is 3.41. The third kappa shape index (κ3) is 2.83. The van der Waals surface area contributed by atoms with E-state index in [0.717, 1.165) is 13.0 Å². The Bertz CT molecular complexity index is 528. The molecule has 0 radical (unpaired) electrons. The van der Waals surface area contributed by atoms with E-state index in [0.29, 0.717) is 17.4 Å². The van der Waals surface area contributed by atoms with Gasteiger partial charge >= 0.3 is 0 Å². The van der Waals surface area contributed by atoms with Crippen molar-refractivity contribution in [1.82, 2.24) is 25.5 Å². The van der Waals surface area contributed by atoms with Crippen molar-refractivity contribution in [2.75, 3.05) is 6.54 Å². The van der Waals surface area contributed by atoms with Crippen LogP contribution in [0.15, 0.2) is 18.2 Å². The van der Waals surface area contributed by atoms with E-state index in [4.69, 9.17) is 11.6 Å². The molecule has 1 heterocycles. The Morgan fingerprint density at radius 3 is 3.00 bits per heavy atom. The summed E-state index contributed by atoms with van der Waals surface area (Å²) in [6, 6.07) is 4.39. The normalized spacial score (nSPS) is 10.8. The zero-order valence-corrected chi connectivity index (χ0v) is 10.7. The van der Waals surface area contributed by atoms with Crippen LogP contribution in [-0.4, -0.2) is 26.8 Å². The Morgan fingerprint density at radius 1 is 1.44 bits per heavy atom. The summed E-state index contributed by atoms with van der Waals surface area (Å²) in [6.07, 6.45) is 1.01. The van der Waals surface area contributed by atoms with Crippen molar-refractivity contribution in [2.45, 2.75) is 19.9 Å². The fourth-order valence-corrected chi connectivity index (χ4v) is 1.69. The van der Waals surface area contributed by atoms with Crippen molar-refractivity contribution in [1.29, 1.82) is 0 Å². The van der Waals surface area contributed by atoms with Crippen LogP contribution < -0.4 is 5.32 Å². The van der Waals surface area contributed by atoms with Crippen LogP contribution in [0.5, 0.6) is 0 Å². The number of hydrogen-bond acceptors (Lipinski definition) is 4. The van der Waals surface area contributed by atoms with Crippen LogP contribution in [0, 0.1) is 5.82 Å². The average molecular weight is 270 g/mol. The number of aromatic nitrogens is 4. The molecule has 96 valence electrons. The van der Waals surface area contributed by atoms with Crippen LogP contribution in [0.1, 0.15) is 19.2 Å². The molecule has 0 aliphatic carbocycles. The van der Waals surface area contributed by atoms with E-state index in [-0.39, 0.29) is 5.69 Å². The summed E-state index contributed by atoms with van der Waals surface area (Å²) in [5.74, 6) is 0.108. The minimum atomic E-state index is -0.452. The van der Waals surface area contributed by atoms with Crippen molar-refractivity contribution < 1.29 is 4.39 Å². The van der Waals surface area contributed by atoms with Gasteiger partial charge in [0.1, 0.15) is 11.5 Å². The van der Waals surface area contributed by atoms with Gasteiger partial charge in [0.15, 0.2) is 5.82 Å². The lowest BCUT2D eigenvalue weighted by molar-refractivity contribution is 0.590. The molecule has 0 saturated heterocycles. The summed E-state index contributed by atoms with van der Waals surface area (Å²) in [4.78, 5) is 0. The molecule has 7 heteroatoms. The predicted octanol–water partition coefficient (Wildman–Crippen LogP) is 1.95. The molecule has 0 spiro atoms. The first-order chi connectivity index (χ1) is 8.72. The minimum Gasteiger partial charge on any atom is -0.310 e. The first kappa shape index (κ1) is 12.9. The quantitative estimate of drug-likeness (QED) is 0.843. The lowest BCUT2D eigenvalue weighted by Gasteiger charge is -2.06. The zero-order valence-electron chi connectivity index (χ0n) is 9.90. The number of benzene rings is 1. The molecule has 0 amide bonds. The number of nitrogens with zero attached hydrogens (tertiary/aromatic N) is 4. The highest BCUT2D eigenvalue weighted by Gasteiger charge is 2.12. The third-order valence-electron chi connectivity index (χ3n) is 2.38. The molecule has 5 nitrogen and oxygen atoms in total. The van der Waals surface area contributed by atoms with Gasteiger partial charge in [-0.3, -0.25) is 0 Å². The van der Waals surface area contributed by atoms with Gasteiger partial charge in [-0.25, -0.2) is 4.39 Å². The van der Waals surface area contributed by atoms with Crippen LogP contribution in [-0.2, 0) is 6.54 Å². The largest absolute Gasteiger partial charge is 0.310 e. The average Bonchev–Trinajstić information content (AvgIpc) is 2.78. The lowest BCUT2D eigenvalue weighted by atomic mass is 10.3. The van der Waals surface area contributed by atoms with E-state index < -0.39 is 5.82 Å². The van der Waals surface area contributed by atoms with Crippen molar-refractivity contribution in [3.63, 3.8) is 0 Å². The number of tetrazole rings is 1. The molecule has 18 heavy (non-hydrogen) atoms. The van der Waals surface area contributed by atoms with Crippen LogP contribution in [0.3, 0.4) is 0 Å². The van der Waals surface area contributed by atoms with Crippen molar-refractivity contribution in [2.24, 2.45) is 0 Å². The second-order valence-corrected chi connectivity index (χ2v) is 4.22. The second kappa shape index (κ2) is 5.88. The van der Waals surface area contributed by atoms with Crippen molar-refractivity contribution in [3.05, 3.63) is 34.9 Å². The molecule has 2 rings (SSSR count). The Balaban J connectivity index is 2.25. The van der Waals surface area contributed by atoms with Gasteiger partial charge in [0.2, 0.25) is 0 Å². The molecular weight excluding hydrogens is 257 g/mol. The van der Waals surface area contributed by atoms with Crippen LogP contribution in [0.2, 0.25) is 5.02 Å². The van der Waals surface area contributed by atoms with Crippen LogP contribution in [0.4, 0.5) is 4.39 Å². The maximum absolute atomic E-state index is 13.8. The molecule has 0 aliphatic rings. The van der Waals surface area contributed by atoms with Gasteiger partial charge in [-0.05, 0) is 41.6 Å². The fraction of sp³-hybridized carbons (Fsp3) is 0.364. The Kier molecular flexibility index (Phi) is 4.22. The van der Waals surface area contributed by atoms with Crippen LogP contribution >= 0.6 is 11.6 Å².